The Hall–Kier alpha value is -3.31. The average molecular weight is 641 g/mol. The van der Waals surface area contributed by atoms with Gasteiger partial charge in [0.15, 0.2) is 0 Å². The van der Waals surface area contributed by atoms with Gasteiger partial charge in [-0.05, 0) is 69.6 Å². The second kappa shape index (κ2) is 16.5. The number of carbonyl (C=O) groups is 5. The second-order valence-corrected chi connectivity index (χ2v) is 14.2. The number of hydrogen-bond donors (Lipinski definition) is 2. The molecule has 3 rings (SSSR count). The molecule has 0 aromatic heterocycles. The van der Waals surface area contributed by atoms with Crippen molar-refractivity contribution in [1.82, 2.24) is 30.2 Å². The fraction of sp³-hybridized carbons (Fsp3) is 0.686. The van der Waals surface area contributed by atoms with Gasteiger partial charge in [0.25, 0.3) is 0 Å². The van der Waals surface area contributed by atoms with E-state index in [1.165, 1.54) is 9.80 Å². The fourth-order valence-electron chi connectivity index (χ4n) is 7.03. The number of benzene rings is 1. The number of imide groups is 1. The van der Waals surface area contributed by atoms with Gasteiger partial charge in [-0.2, -0.15) is 0 Å². The van der Waals surface area contributed by atoms with Crippen molar-refractivity contribution in [3.63, 3.8) is 0 Å². The van der Waals surface area contributed by atoms with Crippen molar-refractivity contribution in [2.75, 3.05) is 34.2 Å². The van der Waals surface area contributed by atoms with Crippen LogP contribution in [0.1, 0.15) is 72.8 Å². The lowest BCUT2D eigenvalue weighted by molar-refractivity contribution is -0.151. The van der Waals surface area contributed by atoms with Gasteiger partial charge in [-0.25, -0.2) is 0 Å². The number of rotatable bonds is 13. The third-order valence-corrected chi connectivity index (χ3v) is 9.32. The Bertz CT molecular complexity index is 1210. The number of likely N-dealkylation sites (tertiary alicyclic amines) is 2. The maximum atomic E-state index is 14.1. The highest BCUT2D eigenvalue weighted by atomic mass is 16.2. The maximum Gasteiger partial charge on any atom is 0.249 e. The van der Waals surface area contributed by atoms with E-state index in [0.29, 0.717) is 32.4 Å². The number of hydrogen-bond acceptors (Lipinski definition) is 7. The second-order valence-electron chi connectivity index (χ2n) is 14.2. The summed E-state index contributed by atoms with van der Waals surface area (Å²) < 4.78 is 0. The maximum absolute atomic E-state index is 14.1. The predicted molar refractivity (Wildman–Crippen MR) is 178 cm³/mol. The first-order chi connectivity index (χ1) is 21.6. The van der Waals surface area contributed by atoms with Crippen LogP contribution in [-0.4, -0.2) is 114 Å². The molecule has 2 heterocycles. The molecular formula is C35H56N6O5. The molecule has 2 aliphatic heterocycles. The molecule has 2 N–H and O–H groups in total. The first kappa shape index (κ1) is 37.2. The molecule has 1 aromatic rings. The highest BCUT2D eigenvalue weighted by Crippen LogP contribution is 2.25. The van der Waals surface area contributed by atoms with E-state index in [-0.39, 0.29) is 41.4 Å². The molecule has 46 heavy (non-hydrogen) atoms. The normalized spacial score (nSPS) is 20.7. The van der Waals surface area contributed by atoms with Gasteiger partial charge in [0.05, 0.1) is 12.1 Å². The molecule has 11 nitrogen and oxygen atoms in total. The Morgan fingerprint density at radius 2 is 1.35 bits per heavy atom. The lowest BCUT2D eigenvalue weighted by Crippen LogP contribution is -2.61. The summed E-state index contributed by atoms with van der Waals surface area (Å²) >= 11 is 0. The molecule has 2 saturated heterocycles. The van der Waals surface area contributed by atoms with E-state index in [4.69, 9.17) is 0 Å². The molecule has 0 aliphatic carbocycles. The van der Waals surface area contributed by atoms with Crippen LogP contribution in [0.2, 0.25) is 0 Å². The summed E-state index contributed by atoms with van der Waals surface area (Å²) in [7, 11) is 5.26. The third-order valence-electron chi connectivity index (χ3n) is 9.32. The van der Waals surface area contributed by atoms with E-state index in [2.05, 4.69) is 15.5 Å². The minimum Gasteiger partial charge on any atom is -0.343 e. The van der Waals surface area contributed by atoms with Crippen LogP contribution in [-0.2, 0) is 30.5 Å². The van der Waals surface area contributed by atoms with Crippen LogP contribution >= 0.6 is 0 Å². The predicted octanol–water partition coefficient (Wildman–Crippen LogP) is 2.49. The molecule has 256 valence electrons. The smallest absolute Gasteiger partial charge is 0.249 e. The molecule has 0 radical (unpaired) electrons. The Morgan fingerprint density at radius 1 is 0.783 bits per heavy atom. The van der Waals surface area contributed by atoms with E-state index >= 15 is 0 Å². The van der Waals surface area contributed by atoms with Crippen molar-refractivity contribution >= 4 is 29.5 Å². The van der Waals surface area contributed by atoms with E-state index in [1.54, 1.807) is 7.05 Å². The van der Waals surface area contributed by atoms with Gasteiger partial charge in [0, 0.05) is 20.1 Å². The van der Waals surface area contributed by atoms with Crippen molar-refractivity contribution in [1.29, 1.82) is 0 Å². The zero-order chi connectivity index (χ0) is 34.3. The van der Waals surface area contributed by atoms with Gasteiger partial charge in [0.1, 0.15) is 18.1 Å². The summed E-state index contributed by atoms with van der Waals surface area (Å²) in [6, 6.07) is 6.66. The standard InChI is InChI=1S/C35H56N6O5/c1-22(2)28(36-33(44)29(23(3)4)38(7)8)34(45)39(9)30(24(5)6)35(46)41-20-14-18-27(41)32(43)37-31(42)26-17-13-19-40(26)21-25-15-11-10-12-16-25/h10-12,15-16,22-24,26-30H,13-14,17-21H2,1-9H3,(H,36,44)(H,37,42,43)/t26-,27-,28-,29-,30-/m0/s1. The number of nitrogens with one attached hydrogen (secondary N) is 2. The lowest BCUT2D eigenvalue weighted by Gasteiger charge is -2.38. The van der Waals surface area contributed by atoms with Crippen LogP contribution in [0.15, 0.2) is 30.3 Å². The van der Waals surface area contributed by atoms with Crippen LogP contribution in [0.25, 0.3) is 0 Å². The molecule has 5 atom stereocenters. The van der Waals surface area contributed by atoms with Crippen molar-refractivity contribution in [2.24, 2.45) is 17.8 Å². The van der Waals surface area contributed by atoms with Crippen molar-refractivity contribution in [3.05, 3.63) is 35.9 Å². The molecule has 11 heteroatoms. The summed E-state index contributed by atoms with van der Waals surface area (Å²) in [6.07, 6.45) is 2.60. The first-order valence-corrected chi connectivity index (χ1v) is 16.8. The number of carbonyl (C=O) groups excluding carboxylic acids is 5. The van der Waals surface area contributed by atoms with Crippen LogP contribution < -0.4 is 10.6 Å². The van der Waals surface area contributed by atoms with E-state index in [9.17, 15) is 24.0 Å². The Balaban J connectivity index is 1.71. The van der Waals surface area contributed by atoms with E-state index < -0.39 is 36.1 Å². The quantitative estimate of drug-likeness (QED) is 0.318. The zero-order valence-electron chi connectivity index (χ0n) is 29.3. The Morgan fingerprint density at radius 3 is 1.91 bits per heavy atom. The lowest BCUT2D eigenvalue weighted by atomic mass is 9.96. The average Bonchev–Trinajstić information content (AvgIpc) is 3.65. The van der Waals surface area contributed by atoms with Gasteiger partial charge < -0.3 is 15.1 Å². The topological polar surface area (TPSA) is 122 Å². The summed E-state index contributed by atoms with van der Waals surface area (Å²) in [5.41, 5.74) is 1.11. The monoisotopic (exact) mass is 640 g/mol. The number of likely N-dealkylation sites (N-methyl/N-ethyl adjacent to an activating group) is 2. The van der Waals surface area contributed by atoms with Crippen molar-refractivity contribution < 1.29 is 24.0 Å². The third kappa shape index (κ3) is 8.94. The largest absolute Gasteiger partial charge is 0.343 e. The zero-order valence-corrected chi connectivity index (χ0v) is 29.3. The fourth-order valence-corrected chi connectivity index (χ4v) is 7.03. The van der Waals surface area contributed by atoms with Crippen LogP contribution in [0.5, 0.6) is 0 Å². The molecule has 5 amide bonds. The molecule has 2 aliphatic rings. The number of amides is 5. The highest BCUT2D eigenvalue weighted by molar-refractivity contribution is 6.02. The first-order valence-electron chi connectivity index (χ1n) is 16.8. The molecule has 0 spiro atoms. The summed E-state index contributed by atoms with van der Waals surface area (Å²) in [6.45, 7) is 13.2. The van der Waals surface area contributed by atoms with Crippen LogP contribution in [0.4, 0.5) is 0 Å². The molecule has 0 unspecified atom stereocenters. The van der Waals surface area contributed by atoms with Gasteiger partial charge in [0.2, 0.25) is 29.5 Å². The summed E-state index contributed by atoms with van der Waals surface area (Å²) in [4.78, 5) is 75.0. The SMILES string of the molecule is CC(C)[C@H](NC(=O)[C@H](C(C)C)N(C)C)C(=O)N(C)[C@H](C(=O)N1CCC[C@H]1C(=O)NC(=O)[C@@H]1CCCN1Cc1ccccc1)C(C)C. The van der Waals surface area contributed by atoms with Crippen LogP contribution in [0.3, 0.4) is 0 Å². The Labute approximate surface area is 275 Å². The van der Waals surface area contributed by atoms with Gasteiger partial charge in [-0.3, -0.25) is 39.1 Å². The minimum atomic E-state index is -0.847. The van der Waals surface area contributed by atoms with Gasteiger partial charge in [-0.15, -0.1) is 0 Å². The molecule has 1 aromatic carbocycles. The van der Waals surface area contributed by atoms with Crippen LogP contribution in [0, 0.1) is 17.8 Å². The van der Waals surface area contributed by atoms with E-state index in [1.807, 2.05) is 90.9 Å². The molecular weight excluding hydrogens is 584 g/mol. The van der Waals surface area contributed by atoms with Gasteiger partial charge >= 0.3 is 0 Å². The van der Waals surface area contributed by atoms with Gasteiger partial charge in [-0.1, -0.05) is 71.9 Å². The molecule has 0 saturated carbocycles. The van der Waals surface area contributed by atoms with Crippen molar-refractivity contribution in [2.45, 2.75) is 104 Å². The highest BCUT2D eigenvalue weighted by Gasteiger charge is 2.43. The number of nitrogens with zero attached hydrogens (tertiary/aromatic N) is 4. The summed E-state index contributed by atoms with van der Waals surface area (Å²) in [5, 5.41) is 5.58. The molecule has 2 fully saturated rings. The van der Waals surface area contributed by atoms with E-state index in [0.717, 1.165) is 18.5 Å². The van der Waals surface area contributed by atoms with Crippen molar-refractivity contribution in [3.8, 4) is 0 Å². The summed E-state index contributed by atoms with van der Waals surface area (Å²) in [5.74, 6) is -2.18. The minimum absolute atomic E-state index is 0.0337. The Kier molecular flexibility index (Phi) is 13.3. The molecule has 0 bridgehead atoms.